The fourth-order valence-corrected chi connectivity index (χ4v) is 3.32. The lowest BCUT2D eigenvalue weighted by Crippen LogP contribution is -2.42. The first-order chi connectivity index (χ1) is 12.3. The van der Waals surface area contributed by atoms with E-state index < -0.39 is 0 Å². The van der Waals surface area contributed by atoms with Gasteiger partial charge in [0, 0.05) is 25.7 Å². The first-order valence-electron chi connectivity index (χ1n) is 9.64. The number of piperidine rings is 1. The van der Waals surface area contributed by atoms with Crippen molar-refractivity contribution in [3.8, 4) is 5.75 Å². The maximum absolute atomic E-state index is 5.68. The number of hydrogen-bond donors (Lipinski definition) is 2. The third-order valence-electron chi connectivity index (χ3n) is 4.75. The van der Waals surface area contributed by atoms with E-state index in [-0.39, 0.29) is 0 Å². The van der Waals surface area contributed by atoms with Gasteiger partial charge in [-0.25, -0.2) is 0 Å². The topological polar surface area (TPSA) is 48.9 Å². The third kappa shape index (κ3) is 6.58. The van der Waals surface area contributed by atoms with Gasteiger partial charge in [0.05, 0.1) is 6.61 Å². The van der Waals surface area contributed by atoms with E-state index in [0.29, 0.717) is 13.2 Å². The second-order valence-corrected chi connectivity index (χ2v) is 6.63. The molecular formula is C20H34N4O. The van der Waals surface area contributed by atoms with E-state index >= 15 is 0 Å². The van der Waals surface area contributed by atoms with Crippen molar-refractivity contribution in [2.45, 2.75) is 39.7 Å². The van der Waals surface area contributed by atoms with Gasteiger partial charge in [0.2, 0.25) is 0 Å². The van der Waals surface area contributed by atoms with Gasteiger partial charge >= 0.3 is 0 Å². The maximum atomic E-state index is 5.68. The number of guanidine groups is 1. The van der Waals surface area contributed by atoms with Crippen LogP contribution in [-0.2, 0) is 6.54 Å². The zero-order chi connectivity index (χ0) is 17.9. The predicted octanol–water partition coefficient (Wildman–Crippen LogP) is 2.87. The molecule has 2 N–H and O–H groups in total. The van der Waals surface area contributed by atoms with Gasteiger partial charge in [-0.3, -0.25) is 4.99 Å². The number of para-hydroxylation sites is 1. The molecule has 25 heavy (non-hydrogen) atoms. The summed E-state index contributed by atoms with van der Waals surface area (Å²) in [5, 5.41) is 6.89. The minimum atomic E-state index is 0.681. The number of nitrogens with one attached hydrogen (secondary N) is 2. The molecule has 0 saturated carbocycles. The molecule has 0 radical (unpaired) electrons. The van der Waals surface area contributed by atoms with E-state index in [1.54, 1.807) is 0 Å². The summed E-state index contributed by atoms with van der Waals surface area (Å²) in [7, 11) is 1.83. The van der Waals surface area contributed by atoms with Gasteiger partial charge in [-0.2, -0.15) is 0 Å². The molecule has 1 heterocycles. The van der Waals surface area contributed by atoms with Gasteiger partial charge in [0.15, 0.2) is 5.96 Å². The summed E-state index contributed by atoms with van der Waals surface area (Å²) in [5.41, 5.74) is 1.15. The zero-order valence-corrected chi connectivity index (χ0v) is 16.1. The average molecular weight is 347 g/mol. The minimum Gasteiger partial charge on any atom is -0.494 e. The lowest BCUT2D eigenvalue weighted by atomic mass is 9.97. The summed E-state index contributed by atoms with van der Waals surface area (Å²) in [4.78, 5) is 6.93. The van der Waals surface area contributed by atoms with Crippen LogP contribution in [0.2, 0.25) is 0 Å². The van der Waals surface area contributed by atoms with Crippen molar-refractivity contribution in [2.75, 3.05) is 39.8 Å². The Balaban J connectivity index is 1.74. The molecule has 1 aromatic carbocycles. The zero-order valence-electron chi connectivity index (χ0n) is 16.1. The number of ether oxygens (including phenoxy) is 1. The van der Waals surface area contributed by atoms with Crippen LogP contribution in [-0.4, -0.2) is 50.7 Å². The van der Waals surface area contributed by atoms with E-state index in [1.165, 1.54) is 38.9 Å². The van der Waals surface area contributed by atoms with Gasteiger partial charge in [-0.05, 0) is 57.8 Å². The summed E-state index contributed by atoms with van der Waals surface area (Å²) in [5.74, 6) is 2.54. The van der Waals surface area contributed by atoms with Crippen molar-refractivity contribution in [1.29, 1.82) is 0 Å². The van der Waals surface area contributed by atoms with Crippen LogP contribution in [0.4, 0.5) is 0 Å². The number of rotatable bonds is 8. The van der Waals surface area contributed by atoms with Gasteiger partial charge in [-0.1, -0.05) is 25.1 Å². The molecule has 0 spiro atoms. The summed E-state index contributed by atoms with van der Waals surface area (Å²) < 4.78 is 5.68. The number of likely N-dealkylation sites (tertiary alicyclic amines) is 1. The Kier molecular flexibility index (Phi) is 8.60. The molecule has 1 aliphatic heterocycles. The first kappa shape index (κ1) is 19.6. The Hall–Kier alpha value is -1.75. The Morgan fingerprint density at radius 1 is 1.20 bits per heavy atom. The number of hydrogen-bond acceptors (Lipinski definition) is 3. The molecule has 5 nitrogen and oxygen atoms in total. The molecule has 140 valence electrons. The first-order valence-corrected chi connectivity index (χ1v) is 9.64. The Labute approximate surface area is 152 Å². The highest BCUT2D eigenvalue weighted by Crippen LogP contribution is 2.18. The van der Waals surface area contributed by atoms with Gasteiger partial charge in [0.25, 0.3) is 0 Å². The summed E-state index contributed by atoms with van der Waals surface area (Å²) >= 11 is 0. The van der Waals surface area contributed by atoms with Crippen LogP contribution in [0.25, 0.3) is 0 Å². The highest BCUT2D eigenvalue weighted by atomic mass is 16.5. The molecule has 5 heteroatoms. The second kappa shape index (κ2) is 11.0. The molecule has 1 fully saturated rings. The highest BCUT2D eigenvalue weighted by molar-refractivity contribution is 5.79. The molecule has 0 aliphatic carbocycles. The molecule has 0 bridgehead atoms. The SMILES string of the molecule is CCCN1CCC(CNC(=NC)NCc2ccccc2OCC)CC1. The fraction of sp³-hybridized carbons (Fsp3) is 0.650. The summed E-state index contributed by atoms with van der Waals surface area (Å²) in [6, 6.07) is 8.15. The molecule has 1 aromatic rings. The standard InChI is InChI=1S/C20H34N4O/c1-4-12-24-13-10-17(11-14-24)15-22-20(21-3)23-16-18-8-6-7-9-19(18)25-5-2/h6-9,17H,4-5,10-16H2,1-3H3,(H2,21,22,23). The van der Waals surface area contributed by atoms with Crippen molar-refractivity contribution >= 4 is 5.96 Å². The maximum Gasteiger partial charge on any atom is 0.191 e. The van der Waals surface area contributed by atoms with Gasteiger partial charge in [-0.15, -0.1) is 0 Å². The monoisotopic (exact) mass is 346 g/mol. The summed E-state index contributed by atoms with van der Waals surface area (Å²) in [6.45, 7) is 10.4. The van der Waals surface area contributed by atoms with Crippen LogP contribution in [0.3, 0.4) is 0 Å². The summed E-state index contributed by atoms with van der Waals surface area (Å²) in [6.07, 6.45) is 3.80. The largest absolute Gasteiger partial charge is 0.494 e. The number of benzene rings is 1. The molecule has 1 saturated heterocycles. The van der Waals surface area contributed by atoms with Crippen LogP contribution in [0, 0.1) is 5.92 Å². The van der Waals surface area contributed by atoms with Crippen LogP contribution in [0.5, 0.6) is 5.75 Å². The second-order valence-electron chi connectivity index (χ2n) is 6.63. The Morgan fingerprint density at radius 2 is 1.96 bits per heavy atom. The molecular weight excluding hydrogens is 312 g/mol. The lowest BCUT2D eigenvalue weighted by Gasteiger charge is -2.32. The smallest absolute Gasteiger partial charge is 0.191 e. The number of aliphatic imine (C=N–C) groups is 1. The van der Waals surface area contributed by atoms with E-state index in [0.717, 1.165) is 29.7 Å². The van der Waals surface area contributed by atoms with Crippen molar-refractivity contribution in [3.63, 3.8) is 0 Å². The van der Waals surface area contributed by atoms with Crippen LogP contribution < -0.4 is 15.4 Å². The minimum absolute atomic E-state index is 0.681. The average Bonchev–Trinajstić information content (AvgIpc) is 2.65. The van der Waals surface area contributed by atoms with E-state index in [1.807, 2.05) is 32.2 Å². The Morgan fingerprint density at radius 3 is 2.64 bits per heavy atom. The molecule has 0 aromatic heterocycles. The number of nitrogens with zero attached hydrogens (tertiary/aromatic N) is 2. The van der Waals surface area contributed by atoms with Crippen LogP contribution >= 0.6 is 0 Å². The van der Waals surface area contributed by atoms with Crippen LogP contribution in [0.1, 0.15) is 38.7 Å². The van der Waals surface area contributed by atoms with E-state index in [2.05, 4.69) is 33.5 Å². The molecule has 2 rings (SSSR count). The van der Waals surface area contributed by atoms with Crippen molar-refractivity contribution in [2.24, 2.45) is 10.9 Å². The van der Waals surface area contributed by atoms with Gasteiger partial charge < -0.3 is 20.3 Å². The van der Waals surface area contributed by atoms with Crippen LogP contribution in [0.15, 0.2) is 29.3 Å². The predicted molar refractivity (Wildman–Crippen MR) is 105 cm³/mol. The third-order valence-corrected chi connectivity index (χ3v) is 4.75. The molecule has 0 unspecified atom stereocenters. The quantitative estimate of drug-likeness (QED) is 0.561. The van der Waals surface area contributed by atoms with E-state index in [9.17, 15) is 0 Å². The van der Waals surface area contributed by atoms with E-state index in [4.69, 9.17) is 4.74 Å². The highest BCUT2D eigenvalue weighted by Gasteiger charge is 2.18. The molecule has 0 atom stereocenters. The van der Waals surface area contributed by atoms with Crippen molar-refractivity contribution in [1.82, 2.24) is 15.5 Å². The normalized spacial score (nSPS) is 16.7. The van der Waals surface area contributed by atoms with Crippen molar-refractivity contribution < 1.29 is 4.74 Å². The van der Waals surface area contributed by atoms with Gasteiger partial charge in [0.1, 0.15) is 5.75 Å². The lowest BCUT2D eigenvalue weighted by molar-refractivity contribution is 0.185. The Bertz CT molecular complexity index is 524. The fourth-order valence-electron chi connectivity index (χ4n) is 3.32. The van der Waals surface area contributed by atoms with Crippen molar-refractivity contribution in [3.05, 3.63) is 29.8 Å². The molecule has 1 aliphatic rings. The molecule has 0 amide bonds.